The van der Waals surface area contributed by atoms with Crippen LogP contribution in [0.4, 0.5) is 0 Å². The molecule has 0 radical (unpaired) electrons. The topological polar surface area (TPSA) is 62.3 Å². The van der Waals surface area contributed by atoms with Gasteiger partial charge in [0, 0.05) is 6.54 Å². The minimum atomic E-state index is 0.0588. The van der Waals surface area contributed by atoms with E-state index < -0.39 is 0 Å². The van der Waals surface area contributed by atoms with Gasteiger partial charge in [-0.2, -0.15) is 0 Å². The third kappa shape index (κ3) is 3.51. The smallest absolute Gasteiger partial charge is 0.129 e. The van der Waals surface area contributed by atoms with Crippen LogP contribution in [0, 0.1) is 10.8 Å². The summed E-state index contributed by atoms with van der Waals surface area (Å²) in [7, 11) is 1.61. The van der Waals surface area contributed by atoms with Gasteiger partial charge in [0.2, 0.25) is 0 Å². The number of hydrogen-bond acceptors (Lipinski definition) is 3. The molecule has 0 amide bonds. The molecule has 4 nitrogen and oxygen atoms in total. The number of ether oxygens (including phenoxy) is 1. The van der Waals surface area contributed by atoms with Gasteiger partial charge in [0.25, 0.3) is 0 Å². The Kier molecular flexibility index (Phi) is 4.33. The molecule has 1 aliphatic heterocycles. The standard InChI is InChI=1S/C16H25N3O/c1-16(2)6-8-19(9-7-16)11-12-4-5-14(20-3)13(10-12)15(17)18/h4-5,10H,6-9,11H2,1-3H3,(H3,17,18). The summed E-state index contributed by atoms with van der Waals surface area (Å²) in [6.45, 7) is 7.86. The first-order chi connectivity index (χ1) is 9.41. The monoisotopic (exact) mass is 275 g/mol. The number of benzene rings is 1. The van der Waals surface area contributed by atoms with E-state index in [0.717, 1.165) is 19.6 Å². The van der Waals surface area contributed by atoms with E-state index in [0.29, 0.717) is 16.7 Å². The van der Waals surface area contributed by atoms with Crippen LogP contribution in [0.3, 0.4) is 0 Å². The van der Waals surface area contributed by atoms with Crippen molar-refractivity contribution < 1.29 is 4.74 Å². The average molecular weight is 275 g/mol. The van der Waals surface area contributed by atoms with Crippen molar-refractivity contribution in [2.75, 3.05) is 20.2 Å². The minimum Gasteiger partial charge on any atom is -0.496 e. The van der Waals surface area contributed by atoms with E-state index in [-0.39, 0.29) is 5.84 Å². The average Bonchev–Trinajstić information content (AvgIpc) is 2.41. The Labute approximate surface area is 121 Å². The number of nitrogens with two attached hydrogens (primary N) is 1. The summed E-state index contributed by atoms with van der Waals surface area (Å²) in [5, 5.41) is 7.63. The van der Waals surface area contributed by atoms with E-state index in [1.165, 1.54) is 18.4 Å². The molecule has 20 heavy (non-hydrogen) atoms. The highest BCUT2D eigenvalue weighted by Gasteiger charge is 2.25. The number of methoxy groups -OCH3 is 1. The van der Waals surface area contributed by atoms with Gasteiger partial charge in [-0.3, -0.25) is 10.3 Å². The predicted octanol–water partition coefficient (Wildman–Crippen LogP) is 2.60. The molecule has 1 saturated heterocycles. The molecule has 4 heteroatoms. The van der Waals surface area contributed by atoms with Crippen molar-refractivity contribution in [1.82, 2.24) is 4.90 Å². The molecule has 1 fully saturated rings. The van der Waals surface area contributed by atoms with Gasteiger partial charge in [-0.25, -0.2) is 0 Å². The van der Waals surface area contributed by atoms with E-state index >= 15 is 0 Å². The lowest BCUT2D eigenvalue weighted by atomic mass is 9.82. The number of nitrogen functional groups attached to an aromatic ring is 1. The summed E-state index contributed by atoms with van der Waals surface area (Å²) in [5.41, 5.74) is 7.96. The molecule has 2 rings (SSSR count). The predicted molar refractivity (Wildman–Crippen MR) is 82.3 cm³/mol. The largest absolute Gasteiger partial charge is 0.496 e. The molecule has 0 saturated carbocycles. The second kappa shape index (κ2) is 5.83. The Morgan fingerprint density at radius 2 is 2.00 bits per heavy atom. The summed E-state index contributed by atoms with van der Waals surface area (Å²) >= 11 is 0. The first-order valence-electron chi connectivity index (χ1n) is 7.15. The van der Waals surface area contributed by atoms with Gasteiger partial charge in [-0.1, -0.05) is 19.9 Å². The van der Waals surface area contributed by atoms with Crippen LogP contribution in [0.1, 0.15) is 37.8 Å². The van der Waals surface area contributed by atoms with Crippen LogP contribution >= 0.6 is 0 Å². The lowest BCUT2D eigenvalue weighted by Gasteiger charge is -2.37. The Morgan fingerprint density at radius 3 is 2.55 bits per heavy atom. The maximum absolute atomic E-state index is 7.63. The first-order valence-corrected chi connectivity index (χ1v) is 7.15. The van der Waals surface area contributed by atoms with Gasteiger partial charge in [-0.15, -0.1) is 0 Å². The Morgan fingerprint density at radius 1 is 1.35 bits per heavy atom. The third-order valence-corrected chi connectivity index (χ3v) is 4.17. The summed E-state index contributed by atoms with van der Waals surface area (Å²) in [5.74, 6) is 0.726. The zero-order valence-electron chi connectivity index (χ0n) is 12.7. The number of likely N-dealkylation sites (tertiary alicyclic amines) is 1. The molecule has 0 atom stereocenters. The normalized spacial score (nSPS) is 18.8. The van der Waals surface area contributed by atoms with Crippen molar-refractivity contribution in [1.29, 1.82) is 5.41 Å². The van der Waals surface area contributed by atoms with E-state index in [2.05, 4.69) is 24.8 Å². The first kappa shape index (κ1) is 14.9. The van der Waals surface area contributed by atoms with Crippen molar-refractivity contribution in [2.24, 2.45) is 11.1 Å². The second-order valence-corrected chi connectivity index (χ2v) is 6.39. The molecule has 0 unspecified atom stereocenters. The fourth-order valence-corrected chi connectivity index (χ4v) is 2.64. The minimum absolute atomic E-state index is 0.0588. The molecule has 0 aliphatic carbocycles. The van der Waals surface area contributed by atoms with Crippen LogP contribution < -0.4 is 10.5 Å². The van der Waals surface area contributed by atoms with Gasteiger partial charge in [0.1, 0.15) is 11.6 Å². The summed E-state index contributed by atoms with van der Waals surface area (Å²) in [4.78, 5) is 2.47. The van der Waals surface area contributed by atoms with Crippen LogP contribution in [-0.4, -0.2) is 30.9 Å². The van der Waals surface area contributed by atoms with Crippen LogP contribution in [0.5, 0.6) is 5.75 Å². The molecule has 110 valence electrons. The van der Waals surface area contributed by atoms with Crippen LogP contribution in [0.15, 0.2) is 18.2 Å². The van der Waals surface area contributed by atoms with Crippen molar-refractivity contribution in [3.63, 3.8) is 0 Å². The Balaban J connectivity index is 2.07. The molecular weight excluding hydrogens is 250 g/mol. The molecule has 1 aliphatic rings. The zero-order chi connectivity index (χ0) is 14.8. The number of piperidine rings is 1. The number of hydrogen-bond donors (Lipinski definition) is 2. The van der Waals surface area contributed by atoms with Gasteiger partial charge in [0.15, 0.2) is 0 Å². The summed E-state index contributed by atoms with van der Waals surface area (Å²) in [6, 6.07) is 5.94. The van der Waals surface area contributed by atoms with Gasteiger partial charge >= 0.3 is 0 Å². The lowest BCUT2D eigenvalue weighted by molar-refractivity contribution is 0.127. The SMILES string of the molecule is COc1ccc(CN2CCC(C)(C)CC2)cc1C(=N)N. The molecular formula is C16H25N3O. The van der Waals surface area contributed by atoms with Crippen LogP contribution in [0.2, 0.25) is 0 Å². The van der Waals surface area contributed by atoms with Crippen molar-refractivity contribution in [3.05, 3.63) is 29.3 Å². The van der Waals surface area contributed by atoms with Crippen LogP contribution in [0.25, 0.3) is 0 Å². The number of nitrogens with zero attached hydrogens (tertiary/aromatic N) is 1. The second-order valence-electron chi connectivity index (χ2n) is 6.39. The number of amidine groups is 1. The van der Waals surface area contributed by atoms with Gasteiger partial charge < -0.3 is 10.5 Å². The highest BCUT2D eigenvalue weighted by atomic mass is 16.5. The van der Waals surface area contributed by atoms with E-state index in [4.69, 9.17) is 15.9 Å². The maximum atomic E-state index is 7.63. The van der Waals surface area contributed by atoms with Gasteiger partial charge in [0.05, 0.1) is 12.7 Å². The third-order valence-electron chi connectivity index (χ3n) is 4.17. The van der Waals surface area contributed by atoms with E-state index in [1.807, 2.05) is 12.1 Å². The fourth-order valence-electron chi connectivity index (χ4n) is 2.64. The highest BCUT2D eigenvalue weighted by molar-refractivity contribution is 5.97. The summed E-state index contributed by atoms with van der Waals surface area (Å²) < 4.78 is 5.24. The molecule has 1 aromatic rings. The van der Waals surface area contributed by atoms with E-state index in [1.54, 1.807) is 7.11 Å². The molecule has 3 N–H and O–H groups in total. The van der Waals surface area contributed by atoms with Gasteiger partial charge in [-0.05, 0) is 49.0 Å². The molecule has 0 bridgehead atoms. The molecule has 0 aromatic heterocycles. The fraction of sp³-hybridized carbons (Fsp3) is 0.562. The molecule has 1 heterocycles. The number of rotatable bonds is 4. The molecule has 0 spiro atoms. The quantitative estimate of drug-likeness (QED) is 0.656. The van der Waals surface area contributed by atoms with E-state index in [9.17, 15) is 0 Å². The van der Waals surface area contributed by atoms with Crippen LogP contribution in [-0.2, 0) is 6.54 Å². The Bertz CT molecular complexity index is 486. The Hall–Kier alpha value is -1.55. The summed E-state index contributed by atoms with van der Waals surface area (Å²) in [6.07, 6.45) is 2.48. The number of nitrogens with one attached hydrogen (secondary N) is 1. The lowest BCUT2D eigenvalue weighted by Crippen LogP contribution is -2.36. The molecule has 1 aromatic carbocycles. The van der Waals surface area contributed by atoms with Crippen molar-refractivity contribution in [2.45, 2.75) is 33.2 Å². The maximum Gasteiger partial charge on any atom is 0.129 e. The van der Waals surface area contributed by atoms with Crippen molar-refractivity contribution >= 4 is 5.84 Å². The van der Waals surface area contributed by atoms with Crippen molar-refractivity contribution in [3.8, 4) is 5.75 Å². The zero-order valence-corrected chi connectivity index (χ0v) is 12.7. The highest BCUT2D eigenvalue weighted by Crippen LogP contribution is 2.30.